The van der Waals surface area contributed by atoms with Gasteiger partial charge in [-0.1, -0.05) is 51.1 Å². The molecule has 0 N–H and O–H groups in total. The third-order valence-electron chi connectivity index (χ3n) is 7.69. The maximum absolute atomic E-state index is 5.90. The van der Waals surface area contributed by atoms with Crippen molar-refractivity contribution < 1.29 is 9.15 Å². The number of allylic oxidation sites excluding steroid dienone is 1. The second kappa shape index (κ2) is 8.41. The van der Waals surface area contributed by atoms with Crippen LogP contribution in [0.15, 0.2) is 46.1 Å². The predicted octanol–water partition coefficient (Wildman–Crippen LogP) is 7.03. The topological polar surface area (TPSA) is 48.2 Å². The number of nitrogens with zero attached hydrogens (tertiary/aromatic N) is 2. The van der Waals surface area contributed by atoms with Crippen LogP contribution in [-0.4, -0.2) is 23.1 Å². The van der Waals surface area contributed by atoms with Gasteiger partial charge in [-0.15, -0.1) is 10.2 Å². The molecule has 3 atom stereocenters. The van der Waals surface area contributed by atoms with Gasteiger partial charge in [0.15, 0.2) is 0 Å². The first-order chi connectivity index (χ1) is 14.3. The molecular weight excluding hydrogens is 392 g/mol. The molecule has 0 bridgehead atoms. The van der Waals surface area contributed by atoms with E-state index in [1.54, 1.807) is 18.9 Å². The molecule has 1 heterocycles. The smallest absolute Gasteiger partial charge is 0.276 e. The number of benzene rings is 1. The van der Waals surface area contributed by atoms with Crippen LogP contribution in [-0.2, 0) is 0 Å². The van der Waals surface area contributed by atoms with Crippen molar-refractivity contribution in [1.82, 2.24) is 10.2 Å². The quantitative estimate of drug-likeness (QED) is 0.367. The Morgan fingerprint density at radius 2 is 1.93 bits per heavy atom. The van der Waals surface area contributed by atoms with Gasteiger partial charge in [0.25, 0.3) is 5.22 Å². The molecule has 0 spiro atoms. The Morgan fingerprint density at radius 3 is 2.67 bits per heavy atom. The summed E-state index contributed by atoms with van der Waals surface area (Å²) in [4.78, 5) is 0. The standard InChI is InChI=1S/C25H34N2O2S/c1-17-7-12-21-24(2,3)14-6-15-25(21,4)20(17)13-16-30-23-27-26-22(29-23)18-8-10-19(28-5)11-9-18/h8-11,20-21H,1,6-7,12-16H2,2-5H3/t20-,21-,25+/m1/s1. The highest BCUT2D eigenvalue weighted by molar-refractivity contribution is 7.99. The van der Waals surface area contributed by atoms with Gasteiger partial charge >= 0.3 is 0 Å². The van der Waals surface area contributed by atoms with Gasteiger partial charge in [0.05, 0.1) is 7.11 Å². The number of hydrogen-bond acceptors (Lipinski definition) is 5. The molecule has 2 fully saturated rings. The molecule has 5 heteroatoms. The summed E-state index contributed by atoms with van der Waals surface area (Å²) in [5.41, 5.74) is 3.19. The van der Waals surface area contributed by atoms with Gasteiger partial charge in [-0.3, -0.25) is 0 Å². The first-order valence-corrected chi connectivity index (χ1v) is 12.1. The fourth-order valence-electron chi connectivity index (χ4n) is 6.19. The average molecular weight is 427 g/mol. The van der Waals surface area contributed by atoms with Crippen molar-refractivity contribution >= 4 is 11.8 Å². The summed E-state index contributed by atoms with van der Waals surface area (Å²) in [5.74, 6) is 3.75. The molecule has 4 rings (SSSR count). The van der Waals surface area contributed by atoms with E-state index in [9.17, 15) is 0 Å². The summed E-state index contributed by atoms with van der Waals surface area (Å²) < 4.78 is 11.1. The molecule has 162 valence electrons. The Bertz CT molecular complexity index is 889. The molecule has 0 unspecified atom stereocenters. The second-order valence-corrected chi connectivity index (χ2v) is 10.9. The lowest BCUT2D eigenvalue weighted by Crippen LogP contribution is -2.49. The van der Waals surface area contributed by atoms with Crippen LogP contribution < -0.4 is 4.74 Å². The monoisotopic (exact) mass is 426 g/mol. The summed E-state index contributed by atoms with van der Waals surface area (Å²) in [7, 11) is 1.66. The van der Waals surface area contributed by atoms with Crippen LogP contribution in [0.5, 0.6) is 5.75 Å². The van der Waals surface area contributed by atoms with Crippen LogP contribution in [0.1, 0.15) is 59.3 Å². The van der Waals surface area contributed by atoms with Gasteiger partial charge in [-0.2, -0.15) is 0 Å². The molecule has 1 aromatic heterocycles. The minimum Gasteiger partial charge on any atom is -0.497 e. The number of ether oxygens (including phenoxy) is 1. The highest BCUT2D eigenvalue weighted by atomic mass is 32.2. The van der Waals surface area contributed by atoms with Crippen molar-refractivity contribution in [2.45, 2.75) is 64.5 Å². The number of thioether (sulfide) groups is 1. The number of rotatable bonds is 6. The molecule has 2 aliphatic carbocycles. The fourth-order valence-corrected chi connectivity index (χ4v) is 6.95. The summed E-state index contributed by atoms with van der Waals surface area (Å²) in [6.45, 7) is 12.0. The average Bonchev–Trinajstić information content (AvgIpc) is 3.18. The Labute approximate surface area is 184 Å². The molecule has 4 nitrogen and oxygen atoms in total. The van der Waals surface area contributed by atoms with Crippen LogP contribution in [0.4, 0.5) is 0 Å². The van der Waals surface area contributed by atoms with E-state index in [0.29, 0.717) is 27.9 Å². The summed E-state index contributed by atoms with van der Waals surface area (Å²) in [5, 5.41) is 9.12. The molecule has 2 aliphatic rings. The lowest BCUT2D eigenvalue weighted by atomic mass is 9.47. The van der Waals surface area contributed by atoms with Crippen LogP contribution >= 0.6 is 11.8 Å². The molecule has 0 aliphatic heterocycles. The Morgan fingerprint density at radius 1 is 1.17 bits per heavy atom. The summed E-state index contributed by atoms with van der Waals surface area (Å²) in [6.07, 6.45) is 7.65. The van der Waals surface area contributed by atoms with Crippen molar-refractivity contribution in [3.63, 3.8) is 0 Å². The molecule has 0 radical (unpaired) electrons. The van der Waals surface area contributed by atoms with Crippen molar-refractivity contribution in [1.29, 1.82) is 0 Å². The van der Waals surface area contributed by atoms with Crippen molar-refractivity contribution in [3.05, 3.63) is 36.4 Å². The van der Waals surface area contributed by atoms with Crippen LogP contribution in [0.2, 0.25) is 0 Å². The highest BCUT2D eigenvalue weighted by Crippen LogP contribution is 2.61. The SMILES string of the molecule is C=C1CC[C@@H]2C(C)(C)CCC[C@@]2(C)[C@@H]1CCSc1nnc(-c2ccc(OC)cc2)o1. The number of methoxy groups -OCH3 is 1. The molecule has 0 saturated heterocycles. The first kappa shape index (κ1) is 21.5. The van der Waals surface area contributed by atoms with Crippen LogP contribution in [0.25, 0.3) is 11.5 Å². The third kappa shape index (κ3) is 4.05. The molecule has 0 amide bonds. The zero-order chi connectivity index (χ0) is 21.4. The van der Waals surface area contributed by atoms with Crippen molar-refractivity contribution in [2.75, 3.05) is 12.9 Å². The Balaban J connectivity index is 1.40. The molecule has 1 aromatic carbocycles. The van der Waals surface area contributed by atoms with E-state index < -0.39 is 0 Å². The zero-order valence-electron chi connectivity index (χ0n) is 18.7. The molecular formula is C25H34N2O2S. The minimum atomic E-state index is 0.376. The minimum absolute atomic E-state index is 0.376. The van der Waals surface area contributed by atoms with Gasteiger partial charge in [-0.25, -0.2) is 0 Å². The summed E-state index contributed by atoms with van der Waals surface area (Å²) in [6, 6.07) is 7.70. The van der Waals surface area contributed by atoms with Gasteiger partial charge in [0, 0.05) is 11.3 Å². The lowest BCUT2D eigenvalue weighted by Gasteiger charge is -2.58. The van der Waals surface area contributed by atoms with Gasteiger partial charge < -0.3 is 9.15 Å². The number of hydrogen-bond donors (Lipinski definition) is 0. The normalized spacial score (nSPS) is 28.2. The predicted molar refractivity (Wildman–Crippen MR) is 123 cm³/mol. The Kier molecular flexibility index (Phi) is 6.02. The Hall–Kier alpha value is -1.75. The van der Waals surface area contributed by atoms with Gasteiger partial charge in [0.2, 0.25) is 5.89 Å². The number of fused-ring (bicyclic) bond motifs is 1. The molecule has 30 heavy (non-hydrogen) atoms. The zero-order valence-corrected chi connectivity index (χ0v) is 19.6. The van der Waals surface area contributed by atoms with Crippen molar-refractivity contribution in [3.8, 4) is 17.2 Å². The highest BCUT2D eigenvalue weighted by Gasteiger charge is 2.52. The van der Waals surface area contributed by atoms with E-state index in [1.165, 1.54) is 37.7 Å². The van der Waals surface area contributed by atoms with E-state index in [-0.39, 0.29) is 0 Å². The third-order valence-corrected chi connectivity index (χ3v) is 8.55. The van der Waals surface area contributed by atoms with E-state index in [0.717, 1.165) is 29.4 Å². The summed E-state index contributed by atoms with van der Waals surface area (Å²) >= 11 is 1.67. The van der Waals surface area contributed by atoms with Gasteiger partial charge in [-0.05, 0) is 79.0 Å². The van der Waals surface area contributed by atoms with E-state index in [4.69, 9.17) is 9.15 Å². The molecule has 2 aromatic rings. The van der Waals surface area contributed by atoms with Crippen LogP contribution in [0, 0.1) is 22.7 Å². The van der Waals surface area contributed by atoms with Crippen LogP contribution in [0.3, 0.4) is 0 Å². The maximum atomic E-state index is 5.90. The maximum Gasteiger partial charge on any atom is 0.276 e. The van der Waals surface area contributed by atoms with E-state index in [2.05, 4.69) is 37.5 Å². The van der Waals surface area contributed by atoms with Gasteiger partial charge in [0.1, 0.15) is 5.75 Å². The van der Waals surface area contributed by atoms with E-state index in [1.807, 2.05) is 24.3 Å². The molecule has 2 saturated carbocycles. The lowest BCUT2D eigenvalue weighted by molar-refractivity contribution is -0.0524. The first-order valence-electron chi connectivity index (χ1n) is 11.1. The fraction of sp³-hybridized carbons (Fsp3) is 0.600. The number of aromatic nitrogens is 2. The second-order valence-electron chi connectivity index (χ2n) is 9.89. The van der Waals surface area contributed by atoms with E-state index >= 15 is 0 Å². The van der Waals surface area contributed by atoms with Crippen molar-refractivity contribution in [2.24, 2.45) is 22.7 Å². The largest absolute Gasteiger partial charge is 0.497 e.